The normalized spacial score (nSPS) is 17.7. The first kappa shape index (κ1) is 16.2. The Morgan fingerprint density at radius 1 is 1.39 bits per heavy atom. The van der Waals surface area contributed by atoms with E-state index in [9.17, 15) is 8.42 Å². The second-order valence-electron chi connectivity index (χ2n) is 4.06. The van der Waals surface area contributed by atoms with Crippen molar-refractivity contribution in [2.45, 2.75) is 23.1 Å². The molecule has 0 bridgehead atoms. The lowest BCUT2D eigenvalue weighted by atomic mass is 10.1. The zero-order chi connectivity index (χ0) is 12.5. The molecule has 18 heavy (non-hydrogen) atoms. The van der Waals surface area contributed by atoms with Gasteiger partial charge < -0.3 is 5.32 Å². The Morgan fingerprint density at radius 3 is 2.50 bits per heavy atom. The van der Waals surface area contributed by atoms with Crippen LogP contribution < -0.4 is 5.32 Å². The number of rotatable bonds is 3. The lowest BCUT2D eigenvalue weighted by Crippen LogP contribution is -2.43. The molecule has 2 heterocycles. The zero-order valence-electron chi connectivity index (χ0n) is 9.93. The van der Waals surface area contributed by atoms with Gasteiger partial charge in [-0.15, -0.1) is 23.7 Å². The lowest BCUT2D eigenvalue weighted by molar-refractivity contribution is 0.297. The summed E-state index contributed by atoms with van der Waals surface area (Å²) in [5.41, 5.74) is 0. The first-order valence-electron chi connectivity index (χ1n) is 5.46. The van der Waals surface area contributed by atoms with Crippen LogP contribution in [-0.4, -0.2) is 38.9 Å². The minimum absolute atomic E-state index is 0. The van der Waals surface area contributed by atoms with Gasteiger partial charge in [0, 0.05) is 13.1 Å². The van der Waals surface area contributed by atoms with Gasteiger partial charge in [-0.25, -0.2) is 8.42 Å². The van der Waals surface area contributed by atoms with E-state index in [4.69, 9.17) is 11.6 Å². The van der Waals surface area contributed by atoms with Crippen LogP contribution in [0.3, 0.4) is 0 Å². The van der Waals surface area contributed by atoms with Gasteiger partial charge in [-0.05, 0) is 38.1 Å². The first-order valence-corrected chi connectivity index (χ1v) is 8.09. The molecule has 1 N–H and O–H groups in total. The van der Waals surface area contributed by atoms with E-state index >= 15 is 0 Å². The molecule has 1 fully saturated rings. The Morgan fingerprint density at radius 2 is 2.00 bits per heavy atom. The third kappa shape index (κ3) is 3.37. The van der Waals surface area contributed by atoms with E-state index in [1.807, 2.05) is 0 Å². The second-order valence-corrected chi connectivity index (χ2v) is 8.00. The predicted molar refractivity (Wildman–Crippen MR) is 77.4 cm³/mol. The van der Waals surface area contributed by atoms with E-state index in [0.717, 1.165) is 37.3 Å². The van der Waals surface area contributed by atoms with Crippen LogP contribution in [0.15, 0.2) is 16.3 Å². The molecule has 0 unspecified atom stereocenters. The number of hydrogen-bond acceptors (Lipinski definition) is 4. The van der Waals surface area contributed by atoms with Crippen molar-refractivity contribution in [3.8, 4) is 0 Å². The van der Waals surface area contributed by atoms with Gasteiger partial charge in [-0.2, -0.15) is 4.31 Å². The molecule has 104 valence electrons. The molecule has 2 rings (SSSR count). The van der Waals surface area contributed by atoms with Crippen molar-refractivity contribution in [1.82, 2.24) is 9.62 Å². The summed E-state index contributed by atoms with van der Waals surface area (Å²) in [6.07, 6.45) is 1.71. The molecule has 0 radical (unpaired) electrons. The molecule has 4 nitrogen and oxygen atoms in total. The highest BCUT2D eigenvalue weighted by molar-refractivity contribution is 7.91. The quantitative estimate of drug-likeness (QED) is 0.924. The summed E-state index contributed by atoms with van der Waals surface area (Å²) in [4.78, 5) is 0. The maximum absolute atomic E-state index is 12.3. The van der Waals surface area contributed by atoms with Crippen LogP contribution in [0.25, 0.3) is 0 Å². The molecule has 1 aliphatic rings. The number of sulfonamides is 1. The molecule has 1 aromatic rings. The predicted octanol–water partition coefficient (Wildman–Crippen LogP) is 2.20. The number of hydrogen-bond donors (Lipinski definition) is 1. The fraction of sp³-hybridized carbons (Fsp3) is 0.600. The third-order valence-electron chi connectivity index (χ3n) is 3.00. The minimum atomic E-state index is -3.38. The first-order chi connectivity index (χ1) is 8.01. The molecule has 1 saturated heterocycles. The summed E-state index contributed by atoms with van der Waals surface area (Å²) in [6.45, 7) is 1.74. The summed E-state index contributed by atoms with van der Waals surface area (Å²) in [5.74, 6) is 0. The highest BCUT2D eigenvalue weighted by Gasteiger charge is 2.29. The number of nitrogens with zero attached hydrogens (tertiary/aromatic N) is 1. The Bertz CT molecular complexity index is 484. The van der Waals surface area contributed by atoms with Crippen molar-refractivity contribution >= 4 is 45.4 Å². The molecule has 8 heteroatoms. The molecule has 1 aliphatic heterocycles. The van der Waals surface area contributed by atoms with Crippen LogP contribution >= 0.6 is 35.3 Å². The van der Waals surface area contributed by atoms with Crippen molar-refractivity contribution in [1.29, 1.82) is 0 Å². The van der Waals surface area contributed by atoms with Crippen LogP contribution in [0.4, 0.5) is 0 Å². The SMILES string of the molecule is CN(C1CCNCC1)S(=O)(=O)c1ccc(Cl)s1.Cl. The Labute approximate surface area is 123 Å². The lowest BCUT2D eigenvalue weighted by Gasteiger charge is -2.30. The highest BCUT2D eigenvalue weighted by atomic mass is 35.5. The summed E-state index contributed by atoms with van der Waals surface area (Å²) in [5, 5.41) is 3.22. The molecule has 0 atom stereocenters. The molecule has 1 aromatic heterocycles. The molecule has 0 spiro atoms. The van der Waals surface area contributed by atoms with Crippen molar-refractivity contribution in [3.63, 3.8) is 0 Å². The number of halogens is 2. The zero-order valence-corrected chi connectivity index (χ0v) is 13.1. The van der Waals surface area contributed by atoms with Crippen molar-refractivity contribution in [3.05, 3.63) is 16.5 Å². The van der Waals surface area contributed by atoms with Gasteiger partial charge in [0.25, 0.3) is 10.0 Å². The smallest absolute Gasteiger partial charge is 0.252 e. The van der Waals surface area contributed by atoms with E-state index in [0.29, 0.717) is 8.55 Å². The molecule has 0 aromatic carbocycles. The summed E-state index contributed by atoms with van der Waals surface area (Å²) in [7, 11) is -1.73. The largest absolute Gasteiger partial charge is 0.317 e. The van der Waals surface area contributed by atoms with Crippen molar-refractivity contribution < 1.29 is 8.42 Å². The molecule has 0 amide bonds. The summed E-state index contributed by atoms with van der Waals surface area (Å²) < 4.78 is 26.9. The Balaban J connectivity index is 0.00000162. The van der Waals surface area contributed by atoms with E-state index in [2.05, 4.69) is 5.32 Å². The highest BCUT2D eigenvalue weighted by Crippen LogP contribution is 2.29. The van der Waals surface area contributed by atoms with E-state index < -0.39 is 10.0 Å². The molecular formula is C10H16Cl2N2O2S2. The number of thiophene rings is 1. The van der Waals surface area contributed by atoms with Crippen LogP contribution in [0.5, 0.6) is 0 Å². The van der Waals surface area contributed by atoms with Gasteiger partial charge in [0.15, 0.2) is 0 Å². The van der Waals surface area contributed by atoms with Crippen LogP contribution in [0, 0.1) is 0 Å². The van der Waals surface area contributed by atoms with Crippen molar-refractivity contribution in [2.75, 3.05) is 20.1 Å². The van der Waals surface area contributed by atoms with Gasteiger partial charge in [0.2, 0.25) is 0 Å². The maximum Gasteiger partial charge on any atom is 0.252 e. The average Bonchev–Trinajstić information content (AvgIpc) is 2.77. The monoisotopic (exact) mass is 330 g/mol. The van der Waals surface area contributed by atoms with Gasteiger partial charge >= 0.3 is 0 Å². The van der Waals surface area contributed by atoms with Gasteiger partial charge in [-0.1, -0.05) is 11.6 Å². The van der Waals surface area contributed by atoms with Gasteiger partial charge in [0.1, 0.15) is 4.21 Å². The van der Waals surface area contributed by atoms with Crippen LogP contribution in [-0.2, 0) is 10.0 Å². The topological polar surface area (TPSA) is 49.4 Å². The average molecular weight is 331 g/mol. The Hall–Kier alpha value is 0.150. The second kappa shape index (κ2) is 6.54. The summed E-state index contributed by atoms with van der Waals surface area (Å²) in [6, 6.07) is 3.28. The standard InChI is InChI=1S/C10H15ClN2O2S2.ClH/c1-13(8-4-6-12-7-5-8)17(14,15)10-3-2-9(11)16-10;/h2-3,8,12H,4-7H2,1H3;1H. The van der Waals surface area contributed by atoms with E-state index in [1.165, 1.54) is 4.31 Å². The molecule has 0 aliphatic carbocycles. The van der Waals surface area contributed by atoms with E-state index in [-0.39, 0.29) is 18.4 Å². The maximum atomic E-state index is 12.3. The fourth-order valence-electron chi connectivity index (χ4n) is 1.94. The minimum Gasteiger partial charge on any atom is -0.317 e. The van der Waals surface area contributed by atoms with Gasteiger partial charge in [0.05, 0.1) is 4.34 Å². The fourth-order valence-corrected chi connectivity index (χ4v) is 5.03. The van der Waals surface area contributed by atoms with Gasteiger partial charge in [-0.3, -0.25) is 0 Å². The molecule has 0 saturated carbocycles. The number of nitrogens with one attached hydrogen (secondary N) is 1. The Kier molecular flexibility index (Phi) is 5.89. The van der Waals surface area contributed by atoms with Crippen LogP contribution in [0.2, 0.25) is 4.34 Å². The summed E-state index contributed by atoms with van der Waals surface area (Å²) >= 11 is 6.89. The van der Waals surface area contributed by atoms with Crippen LogP contribution in [0.1, 0.15) is 12.8 Å². The number of piperidine rings is 1. The third-order valence-corrected chi connectivity index (χ3v) is 6.61. The van der Waals surface area contributed by atoms with E-state index in [1.54, 1.807) is 19.2 Å². The molecular weight excluding hydrogens is 315 g/mol. The van der Waals surface area contributed by atoms with Crippen molar-refractivity contribution in [2.24, 2.45) is 0 Å².